The summed E-state index contributed by atoms with van der Waals surface area (Å²) in [5, 5.41) is 3.23. The molecule has 0 saturated heterocycles. The summed E-state index contributed by atoms with van der Waals surface area (Å²) in [5.41, 5.74) is 8.48. The van der Waals surface area contributed by atoms with Crippen LogP contribution in [0.1, 0.15) is 19.3 Å². The monoisotopic (exact) mass is 466 g/mol. The number of nitrogens with zero attached hydrogens (tertiary/aromatic N) is 2. The fourth-order valence-corrected chi connectivity index (χ4v) is 4.03. The Balaban J connectivity index is 0.00000182. The molecule has 1 aliphatic carbocycles. The van der Waals surface area contributed by atoms with E-state index in [1.54, 1.807) is 0 Å². The number of fused-ring (bicyclic) bond motifs is 2. The fourth-order valence-electron chi connectivity index (χ4n) is 2.93. The molecule has 25 heavy (non-hydrogen) atoms. The smallest absolute Gasteiger partial charge is 0.188 e. The SMILES string of the molecule is I.NC(=NCCCN1c2ccccc2Sc2ccccc21)NC1CC1. The second kappa shape index (κ2) is 8.31. The number of guanidine groups is 1. The van der Waals surface area contributed by atoms with Crippen molar-refractivity contribution in [3.63, 3.8) is 0 Å². The van der Waals surface area contributed by atoms with Crippen LogP contribution in [0.3, 0.4) is 0 Å². The van der Waals surface area contributed by atoms with Crippen molar-refractivity contribution in [3.05, 3.63) is 48.5 Å². The summed E-state index contributed by atoms with van der Waals surface area (Å²) in [6.45, 7) is 1.69. The van der Waals surface area contributed by atoms with E-state index in [0.29, 0.717) is 12.0 Å². The molecule has 1 heterocycles. The molecule has 132 valence electrons. The predicted octanol–water partition coefficient (Wildman–Crippen LogP) is 4.36. The minimum absolute atomic E-state index is 0. The van der Waals surface area contributed by atoms with Crippen molar-refractivity contribution >= 4 is 53.1 Å². The molecule has 2 aliphatic rings. The van der Waals surface area contributed by atoms with Gasteiger partial charge in [0.1, 0.15) is 0 Å². The molecule has 1 saturated carbocycles. The number of hydrogen-bond donors (Lipinski definition) is 2. The summed E-state index contributed by atoms with van der Waals surface area (Å²) in [4.78, 5) is 9.48. The molecule has 6 heteroatoms. The number of nitrogens with one attached hydrogen (secondary N) is 1. The molecule has 0 unspecified atom stereocenters. The van der Waals surface area contributed by atoms with Crippen LogP contribution in [0.25, 0.3) is 0 Å². The fraction of sp³-hybridized carbons (Fsp3) is 0.316. The molecule has 2 aromatic rings. The van der Waals surface area contributed by atoms with Gasteiger partial charge in [-0.3, -0.25) is 4.99 Å². The quantitative estimate of drug-likeness (QED) is 0.298. The van der Waals surface area contributed by atoms with Gasteiger partial charge in [0.25, 0.3) is 0 Å². The Morgan fingerprint density at radius 3 is 2.28 bits per heavy atom. The minimum atomic E-state index is 0. The van der Waals surface area contributed by atoms with Gasteiger partial charge < -0.3 is 16.0 Å². The summed E-state index contributed by atoms with van der Waals surface area (Å²) in [6.07, 6.45) is 3.41. The van der Waals surface area contributed by atoms with E-state index in [1.165, 1.54) is 34.0 Å². The highest BCUT2D eigenvalue weighted by Gasteiger charge is 2.22. The van der Waals surface area contributed by atoms with Gasteiger partial charge in [-0.25, -0.2) is 0 Å². The van der Waals surface area contributed by atoms with E-state index in [0.717, 1.165) is 19.5 Å². The lowest BCUT2D eigenvalue weighted by molar-refractivity contribution is 0.795. The van der Waals surface area contributed by atoms with Gasteiger partial charge in [0.15, 0.2) is 5.96 Å². The molecule has 2 aromatic carbocycles. The molecule has 0 spiro atoms. The van der Waals surface area contributed by atoms with Crippen LogP contribution in [0.15, 0.2) is 63.3 Å². The number of halogens is 1. The highest BCUT2D eigenvalue weighted by molar-refractivity contribution is 14.0. The average molecular weight is 466 g/mol. The summed E-state index contributed by atoms with van der Waals surface area (Å²) in [7, 11) is 0. The highest BCUT2D eigenvalue weighted by atomic mass is 127. The van der Waals surface area contributed by atoms with Crippen molar-refractivity contribution in [2.45, 2.75) is 35.1 Å². The topological polar surface area (TPSA) is 53.6 Å². The van der Waals surface area contributed by atoms with Gasteiger partial charge in [-0.05, 0) is 43.5 Å². The maximum Gasteiger partial charge on any atom is 0.188 e. The molecule has 0 aromatic heterocycles. The Morgan fingerprint density at radius 1 is 1.08 bits per heavy atom. The predicted molar refractivity (Wildman–Crippen MR) is 117 cm³/mol. The van der Waals surface area contributed by atoms with Crippen LogP contribution in [-0.4, -0.2) is 25.1 Å². The first kappa shape index (κ1) is 18.4. The van der Waals surface area contributed by atoms with E-state index in [9.17, 15) is 0 Å². The lowest BCUT2D eigenvalue weighted by Crippen LogP contribution is -2.33. The van der Waals surface area contributed by atoms with Crippen molar-refractivity contribution in [2.24, 2.45) is 10.7 Å². The normalized spacial score (nSPS) is 15.8. The Hall–Kier alpha value is -1.41. The molecule has 3 N–H and O–H groups in total. The molecule has 0 atom stereocenters. The van der Waals surface area contributed by atoms with Crippen molar-refractivity contribution in [2.75, 3.05) is 18.0 Å². The summed E-state index contributed by atoms with van der Waals surface area (Å²) in [5.74, 6) is 0.590. The second-order valence-corrected chi connectivity index (χ2v) is 7.31. The van der Waals surface area contributed by atoms with Crippen molar-refractivity contribution in [1.29, 1.82) is 0 Å². The number of nitrogens with two attached hydrogens (primary N) is 1. The molecule has 4 nitrogen and oxygen atoms in total. The van der Waals surface area contributed by atoms with E-state index in [-0.39, 0.29) is 24.0 Å². The van der Waals surface area contributed by atoms with Crippen LogP contribution in [0.4, 0.5) is 11.4 Å². The summed E-state index contributed by atoms with van der Waals surface area (Å²) in [6, 6.07) is 17.8. The first-order valence-corrected chi connectivity index (χ1v) is 9.33. The maximum absolute atomic E-state index is 5.91. The third-order valence-electron chi connectivity index (χ3n) is 4.28. The lowest BCUT2D eigenvalue weighted by Gasteiger charge is -2.32. The second-order valence-electron chi connectivity index (χ2n) is 6.23. The Kier molecular flexibility index (Phi) is 6.11. The Morgan fingerprint density at radius 2 is 1.68 bits per heavy atom. The molecular formula is C19H23IN4S. The number of benzene rings is 2. The average Bonchev–Trinajstić information content (AvgIpc) is 3.41. The summed E-state index contributed by atoms with van der Waals surface area (Å²) >= 11 is 1.84. The van der Waals surface area contributed by atoms with Gasteiger partial charge in [0.2, 0.25) is 0 Å². The molecule has 0 amide bonds. The molecular weight excluding hydrogens is 443 g/mol. The molecule has 1 aliphatic heterocycles. The standard InChI is InChI=1S/C19H22N4S.HI/c20-19(22-14-10-11-14)21-12-5-13-23-15-6-1-3-8-17(15)24-18-9-4-2-7-16(18)23;/h1-4,6-9,14H,5,10-13H2,(H3,20,21,22);1H. The third-order valence-corrected chi connectivity index (χ3v) is 5.41. The Bertz CT molecular complexity index is 715. The Labute approximate surface area is 170 Å². The van der Waals surface area contributed by atoms with E-state index in [2.05, 4.69) is 63.7 Å². The maximum atomic E-state index is 5.91. The third kappa shape index (κ3) is 4.41. The zero-order chi connectivity index (χ0) is 16.4. The largest absolute Gasteiger partial charge is 0.370 e. The van der Waals surface area contributed by atoms with Gasteiger partial charge in [-0.2, -0.15) is 0 Å². The number of aliphatic imine (C=N–C) groups is 1. The van der Waals surface area contributed by atoms with E-state index in [1.807, 2.05) is 11.8 Å². The van der Waals surface area contributed by atoms with Crippen molar-refractivity contribution in [1.82, 2.24) is 5.32 Å². The van der Waals surface area contributed by atoms with Crippen LogP contribution in [-0.2, 0) is 0 Å². The summed E-state index contributed by atoms with van der Waals surface area (Å²) < 4.78 is 0. The van der Waals surface area contributed by atoms with Crippen LogP contribution in [0.2, 0.25) is 0 Å². The van der Waals surface area contributed by atoms with Gasteiger partial charge in [0.05, 0.1) is 11.4 Å². The van der Waals surface area contributed by atoms with Crippen LogP contribution >= 0.6 is 35.7 Å². The van der Waals surface area contributed by atoms with Gasteiger partial charge in [-0.15, -0.1) is 24.0 Å². The number of hydrogen-bond acceptors (Lipinski definition) is 3. The van der Waals surface area contributed by atoms with E-state index in [4.69, 9.17) is 5.73 Å². The number of para-hydroxylation sites is 2. The van der Waals surface area contributed by atoms with E-state index < -0.39 is 0 Å². The molecule has 0 radical (unpaired) electrons. The van der Waals surface area contributed by atoms with Gasteiger partial charge in [-0.1, -0.05) is 36.0 Å². The van der Waals surface area contributed by atoms with Gasteiger partial charge in [0, 0.05) is 28.9 Å². The zero-order valence-electron chi connectivity index (χ0n) is 14.0. The first-order chi connectivity index (χ1) is 11.8. The molecule has 0 bridgehead atoms. The van der Waals surface area contributed by atoms with Crippen molar-refractivity contribution in [3.8, 4) is 0 Å². The molecule has 4 rings (SSSR count). The van der Waals surface area contributed by atoms with E-state index >= 15 is 0 Å². The molecule has 1 fully saturated rings. The van der Waals surface area contributed by atoms with Gasteiger partial charge >= 0.3 is 0 Å². The number of rotatable bonds is 5. The van der Waals surface area contributed by atoms with Crippen LogP contribution in [0.5, 0.6) is 0 Å². The lowest BCUT2D eigenvalue weighted by atomic mass is 10.2. The highest BCUT2D eigenvalue weighted by Crippen LogP contribution is 2.47. The number of anilines is 2. The van der Waals surface area contributed by atoms with Crippen molar-refractivity contribution < 1.29 is 0 Å². The zero-order valence-corrected chi connectivity index (χ0v) is 17.2. The van der Waals surface area contributed by atoms with Crippen LogP contribution < -0.4 is 16.0 Å². The minimum Gasteiger partial charge on any atom is -0.370 e. The van der Waals surface area contributed by atoms with Crippen LogP contribution in [0, 0.1) is 0 Å². The first-order valence-electron chi connectivity index (χ1n) is 8.51.